The van der Waals surface area contributed by atoms with Crippen LogP contribution in [-0.4, -0.2) is 0 Å². The van der Waals surface area contributed by atoms with Crippen LogP contribution >= 0.6 is 0 Å². The van der Waals surface area contributed by atoms with Gasteiger partial charge in [0.2, 0.25) is 0 Å². The van der Waals surface area contributed by atoms with Gasteiger partial charge in [-0.2, -0.15) is 0 Å². The molecule has 0 N–H and O–H groups in total. The topological polar surface area (TPSA) is 32.8 Å². The van der Waals surface area contributed by atoms with Crippen LogP contribution in [0.15, 0.2) is 227 Å². The van der Waals surface area contributed by atoms with Gasteiger partial charge in [-0.05, 0) is 129 Å². The molecule has 12 aromatic carbocycles. The van der Waals surface area contributed by atoms with E-state index in [9.17, 15) is 0 Å². The van der Waals surface area contributed by atoms with E-state index < -0.39 is 0 Å². The average molecular weight is 1040 g/mol. The van der Waals surface area contributed by atoms with Crippen molar-refractivity contribution in [2.24, 2.45) is 0 Å². The van der Waals surface area contributed by atoms with E-state index in [2.05, 4.69) is 256 Å². The Labute approximate surface area is 468 Å². The Morgan fingerprint density at radius 1 is 0.312 bits per heavy atom. The lowest BCUT2D eigenvalue weighted by Crippen LogP contribution is -2.16. The fourth-order valence-electron chi connectivity index (χ4n) is 13.3. The van der Waals surface area contributed by atoms with Gasteiger partial charge in [-0.25, -0.2) is 0 Å². The van der Waals surface area contributed by atoms with Crippen LogP contribution in [0.3, 0.4) is 0 Å². The number of nitrogens with zero attached hydrogens (tertiary/aromatic N) is 2. The molecule has 0 aliphatic rings. The lowest BCUT2D eigenvalue weighted by molar-refractivity contribution is 0.669. The van der Waals surface area contributed by atoms with Gasteiger partial charge in [0.15, 0.2) is 0 Å². The first kappa shape index (κ1) is 49.2. The number of furan rings is 2. The monoisotopic (exact) mass is 1040 g/mol. The molecule has 14 rings (SSSR count). The molecular formula is C76H64N2O2. The van der Waals surface area contributed by atoms with Crippen molar-refractivity contribution in [2.75, 3.05) is 9.80 Å². The number of hydrogen-bond donors (Lipinski definition) is 0. The van der Waals surface area contributed by atoms with E-state index in [1.165, 1.54) is 77.3 Å². The molecule has 0 fully saturated rings. The summed E-state index contributed by atoms with van der Waals surface area (Å²) in [7, 11) is 0. The van der Waals surface area contributed by atoms with Crippen LogP contribution in [-0.2, 0) is 25.7 Å². The van der Waals surface area contributed by atoms with Gasteiger partial charge < -0.3 is 18.6 Å². The summed E-state index contributed by atoms with van der Waals surface area (Å²) in [5, 5.41) is 12.0. The summed E-state index contributed by atoms with van der Waals surface area (Å²) < 4.78 is 13.4. The van der Waals surface area contributed by atoms with Crippen molar-refractivity contribution in [1.29, 1.82) is 0 Å². The summed E-state index contributed by atoms with van der Waals surface area (Å²) in [5.41, 5.74) is 20.6. The molecule has 0 aliphatic carbocycles. The third-order valence-corrected chi connectivity index (χ3v) is 16.7. The van der Waals surface area contributed by atoms with Gasteiger partial charge in [0.05, 0.1) is 22.7 Å². The zero-order chi connectivity index (χ0) is 53.8. The number of benzene rings is 12. The Balaban J connectivity index is 1.01. The molecule has 0 saturated carbocycles. The first-order valence-corrected chi connectivity index (χ1v) is 29.1. The number of para-hydroxylation sites is 6. The number of aryl methyl sites for hydroxylation is 4. The highest BCUT2D eigenvalue weighted by Gasteiger charge is 2.27. The summed E-state index contributed by atoms with van der Waals surface area (Å²) in [6.07, 6.45) is 8.07. The SMILES string of the molecule is CCCc1cccc(CCC)c1N(c1cccc(-c2cccc3c2oc2ccccc23)c1)c1ccc2ccc3c(N(c4cccc(-c5cccc6c5oc5ccccc56)c4)c4c(CCC)cccc4CCC)ccc4ccc1c2c43. The van der Waals surface area contributed by atoms with Crippen LogP contribution in [0.2, 0.25) is 0 Å². The standard InChI is InChI=1S/C76H64N2O2/c1-5-19-51-23-13-24-52(20-6-2)73(51)77(57-29-15-27-55(47-57)59-33-17-35-63-61-31-9-11-37-69(61)79-75(59)63)67-45-41-49-40-44-66-68(46-42-50-39-43-65(67)71(49)72(50)66)78(74-53(21-7-3)25-14-26-54(74)22-8-4)58-30-16-28-56(48-58)60-34-18-36-64-62-32-10-12-38-70(62)80-76(60)64/h9-18,23-48H,5-8,19-22H2,1-4H3. The van der Waals surface area contributed by atoms with Crippen LogP contribution in [0.5, 0.6) is 0 Å². The van der Waals surface area contributed by atoms with E-state index >= 15 is 0 Å². The van der Waals surface area contributed by atoms with Crippen molar-refractivity contribution in [3.8, 4) is 22.3 Å². The minimum Gasteiger partial charge on any atom is -0.455 e. The zero-order valence-corrected chi connectivity index (χ0v) is 46.2. The fraction of sp³-hybridized carbons (Fsp3) is 0.158. The van der Waals surface area contributed by atoms with Gasteiger partial charge in [-0.1, -0.05) is 223 Å². The lowest BCUT2D eigenvalue weighted by Gasteiger charge is -2.33. The molecule has 2 aromatic heterocycles. The fourth-order valence-corrected chi connectivity index (χ4v) is 13.3. The second-order valence-electron chi connectivity index (χ2n) is 21.8. The van der Waals surface area contributed by atoms with E-state index in [-0.39, 0.29) is 0 Å². The minimum atomic E-state index is 0.905. The molecule has 0 amide bonds. The third kappa shape index (κ3) is 8.19. The highest BCUT2D eigenvalue weighted by atomic mass is 16.3. The quantitative estimate of drug-likeness (QED) is 0.0903. The zero-order valence-electron chi connectivity index (χ0n) is 46.2. The van der Waals surface area contributed by atoms with E-state index in [4.69, 9.17) is 8.83 Å². The van der Waals surface area contributed by atoms with Crippen molar-refractivity contribution in [3.05, 3.63) is 241 Å². The highest BCUT2D eigenvalue weighted by molar-refractivity contribution is 6.28. The largest absolute Gasteiger partial charge is 0.455 e. The highest BCUT2D eigenvalue weighted by Crippen LogP contribution is 2.51. The molecule has 2 heterocycles. The maximum Gasteiger partial charge on any atom is 0.143 e. The smallest absolute Gasteiger partial charge is 0.143 e. The predicted molar refractivity (Wildman–Crippen MR) is 341 cm³/mol. The summed E-state index contributed by atoms with van der Waals surface area (Å²) in [6, 6.07) is 81.2. The van der Waals surface area contributed by atoms with Crippen molar-refractivity contribution < 1.29 is 8.83 Å². The van der Waals surface area contributed by atoms with Crippen LogP contribution < -0.4 is 9.80 Å². The van der Waals surface area contributed by atoms with Crippen molar-refractivity contribution in [1.82, 2.24) is 0 Å². The minimum absolute atomic E-state index is 0.905. The number of anilines is 6. The molecule has 0 saturated heterocycles. The predicted octanol–water partition coefficient (Wildman–Crippen LogP) is 22.5. The lowest BCUT2D eigenvalue weighted by atomic mass is 9.90. The Bertz CT molecular complexity index is 4290. The second-order valence-corrected chi connectivity index (χ2v) is 21.8. The normalized spacial score (nSPS) is 11.9. The number of hydrogen-bond acceptors (Lipinski definition) is 4. The first-order chi connectivity index (χ1) is 39.5. The van der Waals surface area contributed by atoms with E-state index in [0.29, 0.717) is 0 Å². The third-order valence-electron chi connectivity index (χ3n) is 16.7. The van der Waals surface area contributed by atoms with Gasteiger partial charge in [0.25, 0.3) is 0 Å². The summed E-state index contributed by atoms with van der Waals surface area (Å²) >= 11 is 0. The van der Waals surface area contributed by atoms with E-state index in [1.807, 2.05) is 0 Å². The molecule has 0 aliphatic heterocycles. The van der Waals surface area contributed by atoms with Crippen molar-refractivity contribution in [2.45, 2.75) is 79.1 Å². The Hall–Kier alpha value is -9.12. The summed E-state index contributed by atoms with van der Waals surface area (Å²) in [6.45, 7) is 9.20. The summed E-state index contributed by atoms with van der Waals surface area (Å²) in [4.78, 5) is 5.20. The average Bonchev–Trinajstić information content (AvgIpc) is 4.13. The Kier molecular flexibility index (Phi) is 12.7. The number of fused-ring (bicyclic) bond motifs is 6. The first-order valence-electron chi connectivity index (χ1n) is 29.1. The van der Waals surface area contributed by atoms with Crippen LogP contribution in [0.1, 0.15) is 75.6 Å². The van der Waals surface area contributed by atoms with Crippen molar-refractivity contribution in [3.63, 3.8) is 0 Å². The van der Waals surface area contributed by atoms with Gasteiger partial charge in [0, 0.05) is 54.8 Å². The van der Waals surface area contributed by atoms with Crippen LogP contribution in [0.4, 0.5) is 34.1 Å². The van der Waals surface area contributed by atoms with Gasteiger partial charge >= 0.3 is 0 Å². The molecule has 0 atom stereocenters. The Morgan fingerprint density at radius 2 is 0.675 bits per heavy atom. The van der Waals surface area contributed by atoms with Gasteiger partial charge in [-0.3, -0.25) is 0 Å². The summed E-state index contributed by atoms with van der Waals surface area (Å²) in [5.74, 6) is 0. The number of rotatable bonds is 16. The van der Waals surface area contributed by atoms with Gasteiger partial charge in [-0.15, -0.1) is 0 Å². The molecule has 0 radical (unpaired) electrons. The molecule has 4 nitrogen and oxygen atoms in total. The van der Waals surface area contributed by atoms with E-state index in [1.54, 1.807) is 0 Å². The second kappa shape index (κ2) is 20.6. The van der Waals surface area contributed by atoms with Crippen LogP contribution in [0.25, 0.3) is 98.4 Å². The van der Waals surface area contributed by atoms with Gasteiger partial charge in [0.1, 0.15) is 22.3 Å². The molecule has 0 spiro atoms. The maximum absolute atomic E-state index is 6.68. The molecule has 0 bridgehead atoms. The molecule has 14 aromatic rings. The van der Waals surface area contributed by atoms with Crippen molar-refractivity contribution >= 4 is 110 Å². The molecular weight excluding hydrogens is 973 g/mol. The molecule has 0 unspecified atom stereocenters. The molecule has 4 heteroatoms. The maximum atomic E-state index is 6.68. The Morgan fingerprint density at radius 3 is 1.09 bits per heavy atom. The van der Waals surface area contributed by atoms with E-state index in [0.717, 1.165) is 129 Å². The molecule has 390 valence electrons. The molecule has 80 heavy (non-hydrogen) atoms. The van der Waals surface area contributed by atoms with Crippen LogP contribution in [0, 0.1) is 0 Å².